The Hall–Kier alpha value is -3.79. The third kappa shape index (κ3) is 5.39. The van der Waals surface area contributed by atoms with Gasteiger partial charge in [-0.3, -0.25) is 4.72 Å². The highest BCUT2D eigenvalue weighted by Gasteiger charge is 2.16. The number of ether oxygens (including phenoxy) is 1. The molecule has 0 aliphatic heterocycles. The number of aromatic nitrogens is 1. The highest BCUT2D eigenvalue weighted by molar-refractivity contribution is 7.92. The minimum atomic E-state index is -3.80. The number of hydrogen-bond donors (Lipinski definition) is 1. The predicted octanol–water partition coefficient (Wildman–Crippen LogP) is 4.68. The van der Waals surface area contributed by atoms with Crippen LogP contribution >= 0.6 is 0 Å². The van der Waals surface area contributed by atoms with Gasteiger partial charge in [-0.15, -0.1) is 0 Å². The third-order valence-corrected chi connectivity index (χ3v) is 5.06. The zero-order valence-electron chi connectivity index (χ0n) is 16.2. The summed E-state index contributed by atoms with van der Waals surface area (Å²) in [6.45, 7) is 6.74. The quantitative estimate of drug-likeness (QED) is 0.253. The van der Waals surface area contributed by atoms with Crippen LogP contribution in [0.5, 0.6) is 5.75 Å². The van der Waals surface area contributed by atoms with Gasteiger partial charge in [0, 0.05) is 11.6 Å². The van der Waals surface area contributed by atoms with Crippen LogP contribution in [0.15, 0.2) is 86.4 Å². The van der Waals surface area contributed by atoms with Crippen LogP contribution in [-0.4, -0.2) is 19.5 Å². The minimum Gasteiger partial charge on any atom is -0.423 e. The molecule has 10 heteroatoms. The van der Waals surface area contributed by atoms with Crippen LogP contribution in [0.25, 0.3) is 0 Å². The van der Waals surface area contributed by atoms with Gasteiger partial charge in [-0.05, 0) is 62.4 Å². The number of aryl methyl sites for hydroxylation is 1. The lowest BCUT2D eigenvalue weighted by molar-refractivity contribution is -0.130. The molecule has 0 saturated carbocycles. The number of esters is 1. The molecule has 30 heavy (non-hydrogen) atoms. The van der Waals surface area contributed by atoms with Gasteiger partial charge < -0.3 is 9.26 Å². The fourth-order valence-corrected chi connectivity index (χ4v) is 3.18. The Morgan fingerprint density at radius 3 is 2.13 bits per heavy atom. The SMILES string of the molecule is C=C(C)C(=O)Oc1ccc(N=Nc2ccc(S(=O)(=O)Nc3cc(C)on3)cc2)cc1. The first-order chi connectivity index (χ1) is 14.2. The predicted molar refractivity (Wildman–Crippen MR) is 110 cm³/mol. The molecule has 2 aromatic carbocycles. The van der Waals surface area contributed by atoms with E-state index in [1.165, 1.54) is 30.3 Å². The summed E-state index contributed by atoms with van der Waals surface area (Å²) >= 11 is 0. The number of azo groups is 1. The number of anilines is 1. The summed E-state index contributed by atoms with van der Waals surface area (Å²) in [7, 11) is -3.80. The maximum Gasteiger partial charge on any atom is 0.338 e. The maximum atomic E-state index is 12.4. The van der Waals surface area contributed by atoms with Crippen molar-refractivity contribution in [2.75, 3.05) is 4.72 Å². The Bertz CT molecular complexity index is 1200. The van der Waals surface area contributed by atoms with E-state index >= 15 is 0 Å². The normalized spacial score (nSPS) is 11.4. The fourth-order valence-electron chi connectivity index (χ4n) is 2.19. The summed E-state index contributed by atoms with van der Waals surface area (Å²) in [5.41, 5.74) is 1.30. The van der Waals surface area contributed by atoms with Crippen molar-refractivity contribution in [2.24, 2.45) is 10.2 Å². The maximum absolute atomic E-state index is 12.4. The molecule has 1 aromatic heterocycles. The first-order valence-corrected chi connectivity index (χ1v) is 10.2. The van der Waals surface area contributed by atoms with Gasteiger partial charge in [-0.25, -0.2) is 13.2 Å². The molecular formula is C20H18N4O5S. The molecule has 0 fully saturated rings. The lowest BCUT2D eigenvalue weighted by Crippen LogP contribution is -2.12. The van der Waals surface area contributed by atoms with Crippen molar-refractivity contribution in [1.82, 2.24) is 5.16 Å². The van der Waals surface area contributed by atoms with Crippen LogP contribution in [0.4, 0.5) is 17.2 Å². The standard InChI is InChI=1S/C20H18N4O5S/c1-13(2)20(25)28-17-8-4-15(5-9-17)21-22-16-6-10-18(11-7-16)30(26,27)24-19-12-14(3)29-23-19/h4-12H,1H2,2-3H3,(H,23,24). The third-order valence-electron chi connectivity index (χ3n) is 3.69. The number of carbonyl (C=O) groups is 1. The second-order valence-electron chi connectivity index (χ2n) is 6.29. The summed E-state index contributed by atoms with van der Waals surface area (Å²) < 4.78 is 37.0. The van der Waals surface area contributed by atoms with E-state index in [1.54, 1.807) is 38.1 Å². The van der Waals surface area contributed by atoms with Crippen LogP contribution in [0.2, 0.25) is 0 Å². The molecule has 0 unspecified atom stereocenters. The summed E-state index contributed by atoms with van der Waals surface area (Å²) in [5.74, 6) is 0.457. The number of nitrogens with zero attached hydrogens (tertiary/aromatic N) is 3. The van der Waals surface area contributed by atoms with Gasteiger partial charge in [0.05, 0.1) is 16.3 Å². The van der Waals surface area contributed by atoms with Crippen LogP contribution in [0.3, 0.4) is 0 Å². The second kappa shape index (κ2) is 8.70. The van der Waals surface area contributed by atoms with E-state index in [2.05, 4.69) is 26.7 Å². The zero-order valence-corrected chi connectivity index (χ0v) is 17.0. The van der Waals surface area contributed by atoms with Crippen molar-refractivity contribution in [2.45, 2.75) is 18.7 Å². The molecule has 1 N–H and O–H groups in total. The zero-order chi connectivity index (χ0) is 21.7. The van der Waals surface area contributed by atoms with Gasteiger partial charge in [-0.1, -0.05) is 11.7 Å². The van der Waals surface area contributed by atoms with Crippen molar-refractivity contribution in [3.05, 3.63) is 72.5 Å². The number of rotatable bonds is 7. The number of nitrogens with one attached hydrogen (secondary N) is 1. The van der Waals surface area contributed by atoms with E-state index < -0.39 is 16.0 Å². The van der Waals surface area contributed by atoms with Crippen LogP contribution < -0.4 is 9.46 Å². The average Bonchev–Trinajstić information content (AvgIpc) is 3.11. The van der Waals surface area contributed by atoms with Gasteiger partial charge in [-0.2, -0.15) is 10.2 Å². The minimum absolute atomic E-state index is 0.0470. The van der Waals surface area contributed by atoms with Crippen LogP contribution in [0.1, 0.15) is 12.7 Å². The van der Waals surface area contributed by atoms with Crippen molar-refractivity contribution < 1.29 is 22.5 Å². The van der Waals surface area contributed by atoms with Crippen molar-refractivity contribution in [3.63, 3.8) is 0 Å². The van der Waals surface area contributed by atoms with E-state index in [0.29, 0.717) is 28.5 Å². The Morgan fingerprint density at radius 1 is 1.07 bits per heavy atom. The lowest BCUT2D eigenvalue weighted by atomic mass is 10.3. The monoisotopic (exact) mass is 426 g/mol. The van der Waals surface area contributed by atoms with Crippen molar-refractivity contribution >= 4 is 33.2 Å². The van der Waals surface area contributed by atoms with Gasteiger partial charge in [0.15, 0.2) is 5.82 Å². The Morgan fingerprint density at radius 2 is 1.63 bits per heavy atom. The summed E-state index contributed by atoms with van der Waals surface area (Å²) in [5, 5.41) is 11.7. The average molecular weight is 426 g/mol. The van der Waals surface area contributed by atoms with Crippen LogP contribution in [-0.2, 0) is 14.8 Å². The van der Waals surface area contributed by atoms with Gasteiger partial charge in [0.1, 0.15) is 11.5 Å². The van der Waals surface area contributed by atoms with E-state index in [1.807, 2.05) is 0 Å². The first-order valence-electron chi connectivity index (χ1n) is 8.69. The molecule has 154 valence electrons. The van der Waals surface area contributed by atoms with Gasteiger partial charge in [0.25, 0.3) is 10.0 Å². The molecule has 0 atom stereocenters. The highest BCUT2D eigenvalue weighted by atomic mass is 32.2. The topological polar surface area (TPSA) is 123 Å². The molecule has 0 radical (unpaired) electrons. The molecule has 0 spiro atoms. The van der Waals surface area contributed by atoms with E-state index in [-0.39, 0.29) is 10.7 Å². The van der Waals surface area contributed by atoms with Crippen molar-refractivity contribution in [1.29, 1.82) is 0 Å². The summed E-state index contributed by atoms with van der Waals surface area (Å²) in [4.78, 5) is 11.5. The Labute approximate surface area is 173 Å². The molecule has 0 aliphatic carbocycles. The number of hydrogen-bond acceptors (Lipinski definition) is 8. The highest BCUT2D eigenvalue weighted by Crippen LogP contribution is 2.23. The summed E-state index contributed by atoms with van der Waals surface area (Å²) in [6.07, 6.45) is 0. The number of sulfonamides is 1. The van der Waals surface area contributed by atoms with Crippen LogP contribution in [0, 0.1) is 6.92 Å². The van der Waals surface area contributed by atoms with Gasteiger partial charge in [0.2, 0.25) is 0 Å². The lowest BCUT2D eigenvalue weighted by Gasteiger charge is -2.05. The molecule has 3 aromatic rings. The van der Waals surface area contributed by atoms with Crippen molar-refractivity contribution in [3.8, 4) is 5.75 Å². The number of benzene rings is 2. The van der Waals surface area contributed by atoms with E-state index in [4.69, 9.17) is 9.26 Å². The molecular weight excluding hydrogens is 408 g/mol. The molecule has 3 rings (SSSR count). The number of carbonyl (C=O) groups excluding carboxylic acids is 1. The summed E-state index contributed by atoms with van der Waals surface area (Å²) in [6, 6.07) is 13.8. The first kappa shape index (κ1) is 20.9. The molecule has 9 nitrogen and oxygen atoms in total. The van der Waals surface area contributed by atoms with E-state index in [0.717, 1.165) is 0 Å². The Balaban J connectivity index is 1.65. The second-order valence-corrected chi connectivity index (χ2v) is 7.97. The Kier molecular flexibility index (Phi) is 6.07. The smallest absolute Gasteiger partial charge is 0.338 e. The largest absolute Gasteiger partial charge is 0.423 e. The molecule has 0 bridgehead atoms. The molecule has 0 aliphatic rings. The molecule has 0 saturated heterocycles. The molecule has 0 amide bonds. The fraction of sp³-hybridized carbons (Fsp3) is 0.100. The molecule has 1 heterocycles. The van der Waals surface area contributed by atoms with E-state index in [9.17, 15) is 13.2 Å². The van der Waals surface area contributed by atoms with Gasteiger partial charge >= 0.3 is 5.97 Å².